The molecule has 2 aliphatic heterocycles. The highest BCUT2D eigenvalue weighted by Crippen LogP contribution is 2.34. The third kappa shape index (κ3) is 4.21. The van der Waals surface area contributed by atoms with Crippen LogP contribution in [-0.4, -0.2) is 41.3 Å². The summed E-state index contributed by atoms with van der Waals surface area (Å²) in [6.07, 6.45) is 0.846. The summed E-state index contributed by atoms with van der Waals surface area (Å²) in [7, 11) is 0. The van der Waals surface area contributed by atoms with E-state index < -0.39 is 0 Å². The molecular weight excluding hydrogens is 424 g/mol. The maximum atomic E-state index is 13.6. The molecule has 0 fully saturated rings. The predicted octanol–water partition coefficient (Wildman–Crippen LogP) is 4.52. The van der Waals surface area contributed by atoms with E-state index in [-0.39, 0.29) is 25.0 Å². The van der Waals surface area contributed by atoms with Gasteiger partial charge in [-0.15, -0.1) is 0 Å². The van der Waals surface area contributed by atoms with Crippen molar-refractivity contribution >= 4 is 17.4 Å². The molecule has 0 saturated carbocycles. The van der Waals surface area contributed by atoms with Crippen LogP contribution in [0.25, 0.3) is 5.57 Å². The standard InChI is InChI=1S/C29H28N2O3/c1-20-16-21(2)18-25(17-20)34-15-14-31-28(32)26(23-9-4-3-5-10-23)27(29(31)33)30-13-12-22-8-6-7-11-24(22)19-30/h3-11,16-18H,12-15,19H2,1-2H3. The van der Waals surface area contributed by atoms with Gasteiger partial charge in [0.1, 0.15) is 18.1 Å². The van der Waals surface area contributed by atoms with Crippen molar-refractivity contribution in [3.63, 3.8) is 0 Å². The molecule has 5 rings (SSSR count). The molecule has 5 heteroatoms. The van der Waals surface area contributed by atoms with Crippen LogP contribution < -0.4 is 4.74 Å². The number of carbonyl (C=O) groups excluding carboxylic acids is 2. The van der Waals surface area contributed by atoms with Crippen molar-refractivity contribution in [2.24, 2.45) is 0 Å². The summed E-state index contributed by atoms with van der Waals surface area (Å²) in [5.41, 5.74) is 6.48. The van der Waals surface area contributed by atoms with E-state index in [1.807, 2.05) is 68.4 Å². The molecule has 172 valence electrons. The molecule has 0 unspecified atom stereocenters. The quantitative estimate of drug-likeness (QED) is 0.516. The highest BCUT2D eigenvalue weighted by Gasteiger charge is 2.42. The first-order valence-corrected chi connectivity index (χ1v) is 11.7. The van der Waals surface area contributed by atoms with Gasteiger partial charge >= 0.3 is 0 Å². The zero-order valence-corrected chi connectivity index (χ0v) is 19.6. The summed E-state index contributed by atoms with van der Waals surface area (Å²) in [6.45, 7) is 5.81. The Bertz CT molecular complexity index is 1260. The van der Waals surface area contributed by atoms with Gasteiger partial charge in [0.05, 0.1) is 12.1 Å². The van der Waals surface area contributed by atoms with Crippen molar-refractivity contribution in [2.75, 3.05) is 19.7 Å². The van der Waals surface area contributed by atoms with Gasteiger partial charge in [-0.2, -0.15) is 0 Å². The summed E-state index contributed by atoms with van der Waals surface area (Å²) in [5.74, 6) is 0.252. The largest absolute Gasteiger partial charge is 0.492 e. The second kappa shape index (κ2) is 9.18. The lowest BCUT2D eigenvalue weighted by Gasteiger charge is -2.31. The monoisotopic (exact) mass is 452 g/mol. The third-order valence-electron chi connectivity index (χ3n) is 6.43. The van der Waals surface area contributed by atoms with Crippen molar-refractivity contribution < 1.29 is 14.3 Å². The van der Waals surface area contributed by atoms with Crippen LogP contribution in [0.2, 0.25) is 0 Å². The van der Waals surface area contributed by atoms with Gasteiger partial charge in [0.25, 0.3) is 11.8 Å². The van der Waals surface area contributed by atoms with Crippen molar-refractivity contribution in [1.82, 2.24) is 9.80 Å². The molecule has 0 atom stereocenters. The first-order chi connectivity index (χ1) is 16.5. The van der Waals surface area contributed by atoms with E-state index in [0.717, 1.165) is 28.9 Å². The summed E-state index contributed by atoms with van der Waals surface area (Å²) >= 11 is 0. The first-order valence-electron chi connectivity index (χ1n) is 11.7. The lowest BCUT2D eigenvalue weighted by molar-refractivity contribution is -0.138. The molecule has 34 heavy (non-hydrogen) atoms. The highest BCUT2D eigenvalue weighted by molar-refractivity contribution is 6.35. The van der Waals surface area contributed by atoms with Gasteiger partial charge < -0.3 is 9.64 Å². The average molecular weight is 453 g/mol. The molecule has 3 aromatic rings. The van der Waals surface area contributed by atoms with Crippen LogP contribution in [0, 0.1) is 13.8 Å². The molecule has 0 radical (unpaired) electrons. The lowest BCUT2D eigenvalue weighted by Crippen LogP contribution is -2.39. The Morgan fingerprint density at radius 1 is 0.824 bits per heavy atom. The molecule has 2 amide bonds. The summed E-state index contributed by atoms with van der Waals surface area (Å²) in [6, 6.07) is 23.8. The number of nitrogens with zero attached hydrogens (tertiary/aromatic N) is 2. The van der Waals surface area contributed by atoms with Crippen molar-refractivity contribution in [2.45, 2.75) is 26.8 Å². The van der Waals surface area contributed by atoms with Crippen LogP contribution in [0.3, 0.4) is 0 Å². The van der Waals surface area contributed by atoms with Gasteiger partial charge in [-0.05, 0) is 60.2 Å². The summed E-state index contributed by atoms with van der Waals surface area (Å²) in [4.78, 5) is 30.5. The third-order valence-corrected chi connectivity index (χ3v) is 6.43. The van der Waals surface area contributed by atoms with Crippen LogP contribution >= 0.6 is 0 Å². The SMILES string of the molecule is Cc1cc(C)cc(OCCN2C(=O)C(c3ccccc3)=C(N3CCc4ccccc4C3)C2=O)c1. The molecule has 0 bridgehead atoms. The molecule has 5 nitrogen and oxygen atoms in total. The number of amides is 2. The van der Waals surface area contributed by atoms with Crippen LogP contribution in [0.5, 0.6) is 5.75 Å². The normalized spacial score (nSPS) is 15.7. The number of rotatable bonds is 6. The molecule has 2 aliphatic rings. The molecule has 0 aromatic heterocycles. The molecule has 0 N–H and O–H groups in total. The lowest BCUT2D eigenvalue weighted by atomic mass is 9.98. The second-order valence-electron chi connectivity index (χ2n) is 8.96. The zero-order chi connectivity index (χ0) is 23.7. The molecule has 0 spiro atoms. The number of aryl methyl sites for hydroxylation is 2. The fraction of sp³-hybridized carbons (Fsp3) is 0.241. The Labute approximate surface area is 200 Å². The Balaban J connectivity index is 1.40. The second-order valence-corrected chi connectivity index (χ2v) is 8.96. The fourth-order valence-corrected chi connectivity index (χ4v) is 4.88. The highest BCUT2D eigenvalue weighted by atomic mass is 16.5. The molecule has 3 aromatic carbocycles. The number of carbonyl (C=O) groups is 2. The summed E-state index contributed by atoms with van der Waals surface area (Å²) < 4.78 is 5.92. The molecular formula is C29H28N2O3. The van der Waals surface area contributed by atoms with Gasteiger partial charge in [0.15, 0.2) is 0 Å². The van der Waals surface area contributed by atoms with Gasteiger partial charge in [-0.25, -0.2) is 0 Å². The fourth-order valence-electron chi connectivity index (χ4n) is 4.88. The van der Waals surface area contributed by atoms with E-state index in [1.165, 1.54) is 16.0 Å². The minimum atomic E-state index is -0.255. The van der Waals surface area contributed by atoms with E-state index >= 15 is 0 Å². The van der Waals surface area contributed by atoms with Crippen LogP contribution in [0.15, 0.2) is 78.5 Å². The number of ether oxygens (including phenoxy) is 1. The van der Waals surface area contributed by atoms with E-state index in [1.54, 1.807) is 0 Å². The van der Waals surface area contributed by atoms with Gasteiger partial charge in [-0.3, -0.25) is 14.5 Å². The molecule has 2 heterocycles. The van der Waals surface area contributed by atoms with E-state index in [2.05, 4.69) is 23.1 Å². The van der Waals surface area contributed by atoms with Crippen molar-refractivity contribution in [3.8, 4) is 5.75 Å². The number of hydrogen-bond donors (Lipinski definition) is 0. The Kier molecular flexibility index (Phi) is 5.93. The van der Waals surface area contributed by atoms with Gasteiger partial charge in [-0.1, -0.05) is 60.7 Å². The molecule has 0 aliphatic carbocycles. The maximum Gasteiger partial charge on any atom is 0.278 e. The minimum Gasteiger partial charge on any atom is -0.492 e. The minimum absolute atomic E-state index is 0.203. The number of imide groups is 1. The Morgan fingerprint density at radius 2 is 1.50 bits per heavy atom. The van der Waals surface area contributed by atoms with Gasteiger partial charge in [0, 0.05) is 13.1 Å². The predicted molar refractivity (Wildman–Crippen MR) is 132 cm³/mol. The Hall–Kier alpha value is -3.86. The zero-order valence-electron chi connectivity index (χ0n) is 19.6. The smallest absolute Gasteiger partial charge is 0.278 e. The van der Waals surface area contributed by atoms with Crippen molar-refractivity contribution in [1.29, 1.82) is 0 Å². The molecule has 0 saturated heterocycles. The number of hydrogen-bond acceptors (Lipinski definition) is 4. The van der Waals surface area contributed by atoms with Crippen LogP contribution in [0.4, 0.5) is 0 Å². The summed E-state index contributed by atoms with van der Waals surface area (Å²) in [5, 5.41) is 0. The topological polar surface area (TPSA) is 49.9 Å². The first kappa shape index (κ1) is 22.0. The Morgan fingerprint density at radius 3 is 2.24 bits per heavy atom. The number of fused-ring (bicyclic) bond motifs is 1. The van der Waals surface area contributed by atoms with E-state index in [4.69, 9.17) is 4.74 Å². The van der Waals surface area contributed by atoms with E-state index in [9.17, 15) is 9.59 Å². The number of benzene rings is 3. The maximum absolute atomic E-state index is 13.6. The average Bonchev–Trinajstić information content (AvgIpc) is 3.08. The van der Waals surface area contributed by atoms with E-state index in [0.29, 0.717) is 24.4 Å². The van der Waals surface area contributed by atoms with Gasteiger partial charge in [0.2, 0.25) is 0 Å². The van der Waals surface area contributed by atoms with Crippen LogP contribution in [-0.2, 0) is 22.6 Å². The van der Waals surface area contributed by atoms with Crippen LogP contribution in [0.1, 0.15) is 27.8 Å². The van der Waals surface area contributed by atoms with Crippen molar-refractivity contribution in [3.05, 3.63) is 106 Å².